The Morgan fingerprint density at radius 3 is 2.71 bits per heavy atom. The second-order valence-electron chi connectivity index (χ2n) is 6.34. The number of nitrogens with zero attached hydrogens (tertiary/aromatic N) is 1. The minimum absolute atomic E-state index is 0. The monoisotopic (exact) mass is 377 g/mol. The van der Waals surface area contributed by atoms with Crippen LogP contribution in [0, 0.1) is 5.41 Å². The van der Waals surface area contributed by atoms with E-state index in [1.807, 2.05) is 12.1 Å². The van der Waals surface area contributed by atoms with E-state index in [-0.39, 0.29) is 24.4 Å². The van der Waals surface area contributed by atoms with Crippen molar-refractivity contribution in [3.63, 3.8) is 0 Å². The van der Waals surface area contributed by atoms with Crippen LogP contribution in [0.15, 0.2) is 12.1 Å². The highest BCUT2D eigenvalue weighted by molar-refractivity contribution is 6.32. The van der Waals surface area contributed by atoms with Crippen molar-refractivity contribution >= 4 is 29.9 Å². The molecule has 1 unspecified atom stereocenters. The average molecular weight is 378 g/mol. The lowest BCUT2D eigenvalue weighted by atomic mass is 9.90. The molecular weight excluding hydrogens is 353 g/mol. The van der Waals surface area contributed by atoms with Gasteiger partial charge in [0.15, 0.2) is 18.1 Å². The molecule has 24 heavy (non-hydrogen) atoms. The van der Waals surface area contributed by atoms with E-state index in [2.05, 4.69) is 11.8 Å². The smallest absolute Gasteiger partial charge is 0.255 e. The van der Waals surface area contributed by atoms with Crippen molar-refractivity contribution in [3.05, 3.63) is 22.7 Å². The summed E-state index contributed by atoms with van der Waals surface area (Å²) in [6.07, 6.45) is 1.09. The van der Waals surface area contributed by atoms with E-state index in [0.717, 1.165) is 31.6 Å². The lowest BCUT2D eigenvalue weighted by molar-refractivity contribution is -0.119. The Balaban J connectivity index is 0.00000288. The molecule has 0 bridgehead atoms. The number of carbonyl (C=O) groups is 1. The molecule has 1 aliphatic rings. The van der Waals surface area contributed by atoms with Gasteiger partial charge in [0.25, 0.3) is 5.91 Å². The van der Waals surface area contributed by atoms with Crippen LogP contribution in [-0.4, -0.2) is 44.2 Å². The number of halogens is 2. The van der Waals surface area contributed by atoms with Crippen LogP contribution >= 0.6 is 24.0 Å². The van der Waals surface area contributed by atoms with Crippen molar-refractivity contribution in [1.29, 1.82) is 0 Å². The van der Waals surface area contributed by atoms with Gasteiger partial charge in [-0.2, -0.15) is 0 Å². The molecule has 0 spiro atoms. The number of hydrogen-bond donors (Lipinski definition) is 2. The first kappa shape index (κ1) is 20.8. The highest BCUT2D eigenvalue weighted by Gasteiger charge is 2.32. The van der Waals surface area contributed by atoms with E-state index in [0.29, 0.717) is 23.1 Å². The van der Waals surface area contributed by atoms with Gasteiger partial charge < -0.3 is 20.9 Å². The van der Waals surface area contributed by atoms with E-state index in [4.69, 9.17) is 32.5 Å². The zero-order valence-electron chi connectivity index (χ0n) is 14.0. The highest BCUT2D eigenvalue weighted by atomic mass is 35.5. The number of hydrogen-bond acceptors (Lipinski definition) is 5. The molecule has 1 aliphatic heterocycles. The van der Waals surface area contributed by atoms with Gasteiger partial charge in [0.05, 0.1) is 12.1 Å². The zero-order chi connectivity index (χ0) is 17.0. The Kier molecular flexibility index (Phi) is 7.60. The molecular formula is C16H25Cl2N3O3. The molecule has 136 valence electrons. The van der Waals surface area contributed by atoms with E-state index in [1.165, 1.54) is 7.11 Å². The predicted molar refractivity (Wildman–Crippen MR) is 97.0 cm³/mol. The van der Waals surface area contributed by atoms with E-state index in [1.54, 1.807) is 0 Å². The number of amides is 1. The first-order valence-corrected chi connectivity index (χ1v) is 7.94. The maximum atomic E-state index is 10.9. The number of likely N-dealkylation sites (tertiary alicyclic amines) is 1. The first-order chi connectivity index (χ1) is 10.9. The molecule has 1 fully saturated rings. The minimum Gasteiger partial charge on any atom is -0.493 e. The van der Waals surface area contributed by atoms with Crippen molar-refractivity contribution in [2.75, 3.05) is 33.4 Å². The minimum atomic E-state index is -0.565. The van der Waals surface area contributed by atoms with Crippen LogP contribution in [-0.2, 0) is 11.3 Å². The van der Waals surface area contributed by atoms with Gasteiger partial charge in [-0.25, -0.2) is 0 Å². The topological polar surface area (TPSA) is 90.8 Å². The summed E-state index contributed by atoms with van der Waals surface area (Å²) in [6.45, 7) is 5.39. The summed E-state index contributed by atoms with van der Waals surface area (Å²) in [5.74, 6) is 0.268. The fraction of sp³-hybridized carbons (Fsp3) is 0.562. The van der Waals surface area contributed by atoms with Gasteiger partial charge in [0, 0.05) is 13.1 Å². The third-order valence-electron chi connectivity index (χ3n) is 4.18. The molecule has 1 aromatic carbocycles. The van der Waals surface area contributed by atoms with Crippen LogP contribution in [0.25, 0.3) is 0 Å². The van der Waals surface area contributed by atoms with Gasteiger partial charge in [-0.1, -0.05) is 18.5 Å². The Morgan fingerprint density at radius 1 is 1.46 bits per heavy atom. The summed E-state index contributed by atoms with van der Waals surface area (Å²) in [7, 11) is 1.54. The third-order valence-corrected chi connectivity index (χ3v) is 4.46. The Hall–Kier alpha value is -1.21. The fourth-order valence-electron chi connectivity index (χ4n) is 2.83. The predicted octanol–water partition coefficient (Wildman–Crippen LogP) is 1.81. The second-order valence-corrected chi connectivity index (χ2v) is 6.75. The molecule has 1 saturated heterocycles. The maximum Gasteiger partial charge on any atom is 0.255 e. The average Bonchev–Trinajstić information content (AvgIpc) is 2.87. The van der Waals surface area contributed by atoms with Gasteiger partial charge in [0.2, 0.25) is 0 Å². The summed E-state index contributed by atoms with van der Waals surface area (Å²) in [4.78, 5) is 13.2. The highest BCUT2D eigenvalue weighted by Crippen LogP contribution is 2.37. The third kappa shape index (κ3) is 5.14. The molecule has 6 nitrogen and oxygen atoms in total. The summed E-state index contributed by atoms with van der Waals surface area (Å²) in [5, 5.41) is 0.404. The summed E-state index contributed by atoms with van der Waals surface area (Å²) in [6, 6.07) is 3.71. The summed E-state index contributed by atoms with van der Waals surface area (Å²) >= 11 is 6.27. The van der Waals surface area contributed by atoms with Crippen LogP contribution in [0.5, 0.6) is 11.5 Å². The SMILES string of the molecule is COc1cc(CN2CCC(C)(CN)C2)cc(Cl)c1OCC(N)=O.Cl. The Morgan fingerprint density at radius 2 is 2.17 bits per heavy atom. The summed E-state index contributed by atoms with van der Waals surface area (Å²) in [5.41, 5.74) is 12.1. The lowest BCUT2D eigenvalue weighted by Crippen LogP contribution is -2.31. The van der Waals surface area contributed by atoms with Gasteiger partial charge in [0.1, 0.15) is 0 Å². The standard InChI is InChI=1S/C16H24ClN3O3.ClH/c1-16(9-18)3-4-20(10-16)7-11-5-12(17)15(13(6-11)22-2)23-8-14(19)21;/h5-6H,3-4,7-10,18H2,1-2H3,(H2,19,21);1H. The number of ether oxygens (including phenoxy) is 2. The zero-order valence-corrected chi connectivity index (χ0v) is 15.6. The van der Waals surface area contributed by atoms with Crippen LogP contribution in [0.1, 0.15) is 18.9 Å². The number of nitrogens with two attached hydrogens (primary N) is 2. The number of methoxy groups -OCH3 is 1. The number of carbonyl (C=O) groups excluding carboxylic acids is 1. The summed E-state index contributed by atoms with van der Waals surface area (Å²) < 4.78 is 10.7. The molecule has 0 saturated carbocycles. The maximum absolute atomic E-state index is 10.9. The van der Waals surface area contributed by atoms with Gasteiger partial charge in [-0.05, 0) is 42.6 Å². The molecule has 0 aromatic heterocycles. The van der Waals surface area contributed by atoms with Gasteiger partial charge in [-0.15, -0.1) is 12.4 Å². The number of primary amides is 1. The number of benzene rings is 1. The lowest BCUT2D eigenvalue weighted by Gasteiger charge is -2.23. The first-order valence-electron chi connectivity index (χ1n) is 7.57. The van der Waals surface area contributed by atoms with Gasteiger partial charge in [-0.3, -0.25) is 9.69 Å². The van der Waals surface area contributed by atoms with E-state index in [9.17, 15) is 4.79 Å². The number of rotatable bonds is 7. The molecule has 1 aromatic rings. The molecule has 1 atom stereocenters. The van der Waals surface area contributed by atoms with Gasteiger partial charge >= 0.3 is 0 Å². The molecule has 0 aliphatic carbocycles. The van der Waals surface area contributed by atoms with Crippen LogP contribution in [0.2, 0.25) is 5.02 Å². The molecule has 4 N–H and O–H groups in total. The largest absolute Gasteiger partial charge is 0.493 e. The van der Waals surface area contributed by atoms with Crippen LogP contribution in [0.4, 0.5) is 0 Å². The van der Waals surface area contributed by atoms with Crippen molar-refractivity contribution < 1.29 is 14.3 Å². The normalized spacial score (nSPS) is 20.5. The van der Waals surface area contributed by atoms with Crippen molar-refractivity contribution in [1.82, 2.24) is 4.90 Å². The Bertz CT molecular complexity index is 586. The van der Waals surface area contributed by atoms with E-state index >= 15 is 0 Å². The second kappa shape index (κ2) is 8.76. The van der Waals surface area contributed by atoms with Crippen LogP contribution in [0.3, 0.4) is 0 Å². The molecule has 1 amide bonds. The van der Waals surface area contributed by atoms with Crippen molar-refractivity contribution in [2.24, 2.45) is 16.9 Å². The van der Waals surface area contributed by atoms with Crippen LogP contribution < -0.4 is 20.9 Å². The molecule has 0 radical (unpaired) electrons. The molecule has 1 heterocycles. The fourth-order valence-corrected chi connectivity index (χ4v) is 3.12. The quantitative estimate of drug-likeness (QED) is 0.755. The van der Waals surface area contributed by atoms with Crippen molar-refractivity contribution in [2.45, 2.75) is 19.9 Å². The Labute approximate surface area is 153 Å². The molecule has 8 heteroatoms. The van der Waals surface area contributed by atoms with Crippen molar-refractivity contribution in [3.8, 4) is 11.5 Å². The van der Waals surface area contributed by atoms with E-state index < -0.39 is 5.91 Å². The molecule has 2 rings (SSSR count).